The third-order valence-corrected chi connectivity index (χ3v) is 9.39. The summed E-state index contributed by atoms with van der Waals surface area (Å²) in [5.41, 5.74) is 13.7. The first-order valence-electron chi connectivity index (χ1n) is 14.7. The molecule has 0 saturated carbocycles. The van der Waals surface area contributed by atoms with Crippen LogP contribution < -0.4 is 19.9 Å². The molecular weight excluding hydrogens is 537 g/mol. The number of fused-ring (bicyclic) bond motifs is 8. The van der Waals surface area contributed by atoms with E-state index in [2.05, 4.69) is 42.9 Å². The zero-order valence-corrected chi connectivity index (χ0v) is 27.1. The number of carbonyl (C=O) groups is 2. The molecule has 212 valence electrons. The number of carbonyl (C=O) groups excluding carboxylic acids is 2. The molecular formula is C34H38MgN4O3+2. The summed E-state index contributed by atoms with van der Waals surface area (Å²) in [6.07, 6.45) is 1.63. The third-order valence-electron chi connectivity index (χ3n) is 9.39. The Balaban J connectivity index is 0.00000353. The number of aliphatic hydroxyl groups excluding tert-OH is 1. The second-order valence-corrected chi connectivity index (χ2v) is 12.0. The first kappa shape index (κ1) is 30.4. The molecule has 1 aliphatic carbocycles. The fourth-order valence-corrected chi connectivity index (χ4v) is 7.07. The number of allylic oxidation sites excluding steroid dienone is 2. The van der Waals surface area contributed by atoms with E-state index < -0.39 is 6.10 Å². The maximum atomic E-state index is 13.4. The van der Waals surface area contributed by atoms with Crippen LogP contribution in [0.5, 0.6) is 0 Å². The van der Waals surface area contributed by atoms with E-state index in [-0.39, 0.29) is 46.5 Å². The average Bonchev–Trinajstić information content (AvgIpc) is 3.65. The standard InChI is InChI=1S/C34H37N4O3.Mg/c1-8-21-16(3)24-14-29-31(20(7)40)18(5)26(36-29)12-25-17(4)22(10-9-15(2)39)33(37-25)23-11-30(41)32-19(6)27(38-34(23)32)13-28(21)35-24;/h12-14,17,20,22,40H,8-11H2,1-7H3,(H-,35,36,37,38,41);/q-1;+2/p+1/t17-,20?,22-;/m0./s1. The van der Waals surface area contributed by atoms with Gasteiger partial charge < -0.3 is 19.9 Å². The number of aromatic amines is 2. The minimum Gasteiger partial charge on any atom is -0.657 e. The van der Waals surface area contributed by atoms with Crippen molar-refractivity contribution in [3.8, 4) is 0 Å². The quantitative estimate of drug-likeness (QED) is 0.429. The van der Waals surface area contributed by atoms with Gasteiger partial charge in [-0.2, -0.15) is 0 Å². The van der Waals surface area contributed by atoms with Crippen molar-refractivity contribution >= 4 is 67.8 Å². The Hall–Kier alpha value is -3.07. The average molecular weight is 575 g/mol. The number of hydrogen-bond donors (Lipinski definition) is 1. The van der Waals surface area contributed by atoms with E-state index in [1.165, 1.54) is 5.57 Å². The molecule has 1 unspecified atom stereocenters. The molecule has 3 aromatic heterocycles. The van der Waals surface area contributed by atoms with Gasteiger partial charge >= 0.3 is 23.1 Å². The minimum absolute atomic E-state index is 0. The summed E-state index contributed by atoms with van der Waals surface area (Å²) in [6, 6.07) is 6.18. The molecule has 0 fully saturated rings. The number of ketones is 2. The van der Waals surface area contributed by atoms with Crippen molar-refractivity contribution in [2.24, 2.45) is 0 Å². The van der Waals surface area contributed by atoms with Gasteiger partial charge in [0.15, 0.2) is 17.2 Å². The Morgan fingerprint density at radius 3 is 2.40 bits per heavy atom. The molecule has 0 radical (unpaired) electrons. The first-order chi connectivity index (χ1) is 19.5. The summed E-state index contributed by atoms with van der Waals surface area (Å²) in [7, 11) is 0. The molecule has 8 bridgehead atoms. The SMILES string of the molecule is CCC1=C(C)c2cc3[n-]c(cc4[nH+]c(c5c6[n-]c(cc1[nH+]2)c(C)c6C(=O)C5)[C@@H](CCC(C)=O)[C@@H]4C)c(C)c3C(C)O.[Mg+2]. The number of aromatic nitrogens is 4. The number of hydrogen-bond acceptors (Lipinski definition) is 3. The number of aryl methyl sites for hydroxylation is 2. The summed E-state index contributed by atoms with van der Waals surface area (Å²) in [5.74, 6) is 0.392. The molecule has 0 saturated heterocycles. The van der Waals surface area contributed by atoms with E-state index >= 15 is 0 Å². The van der Waals surface area contributed by atoms with Gasteiger partial charge in [-0.25, -0.2) is 9.97 Å². The summed E-state index contributed by atoms with van der Waals surface area (Å²) in [6.45, 7) is 13.8. The smallest absolute Gasteiger partial charge is 0.657 e. The summed E-state index contributed by atoms with van der Waals surface area (Å²) >= 11 is 0. The predicted octanol–water partition coefficient (Wildman–Crippen LogP) is 5.04. The van der Waals surface area contributed by atoms with Gasteiger partial charge in [-0.15, -0.1) is 22.1 Å². The van der Waals surface area contributed by atoms with E-state index in [1.54, 1.807) is 13.8 Å². The van der Waals surface area contributed by atoms with Crippen LogP contribution in [0, 0.1) is 13.8 Å². The van der Waals surface area contributed by atoms with Gasteiger partial charge in [-0.05, 0) is 71.2 Å². The van der Waals surface area contributed by atoms with Gasteiger partial charge in [0, 0.05) is 35.1 Å². The molecule has 0 amide bonds. The minimum atomic E-state index is -0.679. The molecule has 0 aromatic carbocycles. The van der Waals surface area contributed by atoms with Gasteiger partial charge in [0.05, 0.1) is 17.9 Å². The largest absolute Gasteiger partial charge is 2.00 e. The topological polar surface area (TPSA) is 111 Å². The first-order valence-corrected chi connectivity index (χ1v) is 14.7. The van der Waals surface area contributed by atoms with Gasteiger partial charge in [0.25, 0.3) is 0 Å². The van der Waals surface area contributed by atoms with Crippen molar-refractivity contribution < 1.29 is 24.7 Å². The van der Waals surface area contributed by atoms with Crippen LogP contribution in [0.2, 0.25) is 0 Å². The van der Waals surface area contributed by atoms with E-state index in [0.717, 1.165) is 79.1 Å². The van der Waals surface area contributed by atoms with Crippen LogP contribution in [0.15, 0.2) is 18.2 Å². The molecule has 3 aromatic rings. The monoisotopic (exact) mass is 574 g/mol. The van der Waals surface area contributed by atoms with Gasteiger partial charge in [-0.1, -0.05) is 25.0 Å². The maximum Gasteiger partial charge on any atom is 2.00 e. The van der Waals surface area contributed by atoms with Crippen LogP contribution >= 0.6 is 0 Å². The van der Waals surface area contributed by atoms with Gasteiger partial charge in [-0.3, -0.25) is 4.79 Å². The van der Waals surface area contributed by atoms with Gasteiger partial charge in [0.1, 0.15) is 5.78 Å². The van der Waals surface area contributed by atoms with Crippen molar-refractivity contribution in [1.29, 1.82) is 0 Å². The number of H-pyrrole nitrogens is 2. The van der Waals surface area contributed by atoms with Crippen LogP contribution in [-0.2, 0) is 11.2 Å². The summed E-state index contributed by atoms with van der Waals surface area (Å²) < 4.78 is 0. The number of Topliss-reactive ketones (excluding diaryl/α,β-unsaturated/α-hetero) is 2. The summed E-state index contributed by atoms with van der Waals surface area (Å²) in [5, 5.41) is 10.8. The predicted molar refractivity (Wildman–Crippen MR) is 164 cm³/mol. The Morgan fingerprint density at radius 2 is 1.74 bits per heavy atom. The van der Waals surface area contributed by atoms with Crippen LogP contribution in [0.25, 0.3) is 33.2 Å². The molecule has 42 heavy (non-hydrogen) atoms. The van der Waals surface area contributed by atoms with E-state index in [9.17, 15) is 14.7 Å². The van der Waals surface area contributed by atoms with Crippen LogP contribution in [0.1, 0.15) is 127 Å². The van der Waals surface area contributed by atoms with Gasteiger partial charge in [0.2, 0.25) is 11.4 Å². The van der Waals surface area contributed by atoms with E-state index in [0.29, 0.717) is 24.8 Å². The number of nitrogens with one attached hydrogen (secondary N) is 2. The molecule has 3 aliphatic rings. The van der Waals surface area contributed by atoms with Crippen molar-refractivity contribution in [2.75, 3.05) is 0 Å². The third kappa shape index (κ3) is 4.77. The summed E-state index contributed by atoms with van der Waals surface area (Å²) in [4.78, 5) is 42.8. The maximum absolute atomic E-state index is 13.4. The molecule has 3 N–H and O–H groups in total. The second-order valence-electron chi connectivity index (χ2n) is 12.0. The number of nitrogens with zero attached hydrogens (tertiary/aromatic N) is 2. The molecule has 0 spiro atoms. The van der Waals surface area contributed by atoms with E-state index in [1.807, 2.05) is 19.9 Å². The molecule has 6 rings (SSSR count). The van der Waals surface area contributed by atoms with Crippen molar-refractivity contribution in [3.63, 3.8) is 0 Å². The van der Waals surface area contributed by atoms with Crippen LogP contribution in [-0.4, -0.2) is 39.7 Å². The number of aliphatic hydroxyl groups is 1. The molecule has 7 nitrogen and oxygen atoms in total. The van der Waals surface area contributed by atoms with Crippen molar-refractivity contribution in [1.82, 2.24) is 9.97 Å². The normalized spacial score (nSPS) is 18.4. The molecule has 5 heterocycles. The molecule has 2 aliphatic heterocycles. The molecule has 8 heteroatoms. The van der Waals surface area contributed by atoms with Crippen molar-refractivity contribution in [3.05, 3.63) is 68.8 Å². The Bertz CT molecular complexity index is 1840. The second kappa shape index (κ2) is 11.2. The van der Waals surface area contributed by atoms with Crippen LogP contribution in [0.3, 0.4) is 0 Å². The Kier molecular flexibility index (Phi) is 8.11. The molecule has 3 atom stereocenters. The fraction of sp³-hybridized carbons (Fsp3) is 0.412. The zero-order chi connectivity index (χ0) is 29.3. The van der Waals surface area contributed by atoms with Crippen molar-refractivity contribution in [2.45, 2.75) is 92.1 Å². The van der Waals surface area contributed by atoms with Crippen LogP contribution in [0.4, 0.5) is 0 Å². The Labute approximate surface area is 262 Å². The Morgan fingerprint density at radius 1 is 1.05 bits per heavy atom. The zero-order valence-electron chi connectivity index (χ0n) is 25.7. The van der Waals surface area contributed by atoms with E-state index in [4.69, 9.17) is 9.97 Å². The number of rotatable bonds is 5. The fourth-order valence-electron chi connectivity index (χ4n) is 7.07.